The minimum absolute atomic E-state index is 0.234. The van der Waals surface area contributed by atoms with Crippen molar-refractivity contribution in [3.05, 3.63) is 28.2 Å². The first-order valence-corrected chi connectivity index (χ1v) is 6.87. The van der Waals surface area contributed by atoms with E-state index in [2.05, 4.69) is 21.2 Å². The summed E-state index contributed by atoms with van der Waals surface area (Å²) in [5.41, 5.74) is 6.27. The number of halogens is 1. The van der Waals surface area contributed by atoms with Gasteiger partial charge in [0.2, 0.25) is 5.91 Å². The number of ether oxygens (including phenoxy) is 1. The van der Waals surface area contributed by atoms with Gasteiger partial charge in [-0.05, 0) is 46.5 Å². The molecular formula is C13H17BrN2O2. The third-order valence-corrected chi connectivity index (χ3v) is 3.39. The molecule has 0 aliphatic heterocycles. The van der Waals surface area contributed by atoms with Gasteiger partial charge in [0, 0.05) is 12.6 Å². The van der Waals surface area contributed by atoms with Crippen LogP contribution in [0, 0.1) is 0 Å². The molecule has 0 heterocycles. The molecule has 0 aromatic heterocycles. The Morgan fingerprint density at radius 2 is 2.28 bits per heavy atom. The predicted octanol–water partition coefficient (Wildman–Crippen LogP) is 1.96. The fourth-order valence-electron chi connectivity index (χ4n) is 1.58. The molecule has 4 nitrogen and oxygen atoms in total. The molecule has 18 heavy (non-hydrogen) atoms. The fraction of sp³-hybridized carbons (Fsp3) is 0.462. The molecule has 2 rings (SSSR count). The van der Waals surface area contributed by atoms with E-state index in [0.717, 1.165) is 16.8 Å². The van der Waals surface area contributed by atoms with Crippen LogP contribution in [0.1, 0.15) is 24.8 Å². The zero-order chi connectivity index (χ0) is 13.0. The number of amides is 1. The highest BCUT2D eigenvalue weighted by molar-refractivity contribution is 9.10. The normalized spacial score (nSPS) is 14.5. The van der Waals surface area contributed by atoms with Crippen LogP contribution in [-0.2, 0) is 11.3 Å². The molecule has 1 aliphatic carbocycles. The zero-order valence-corrected chi connectivity index (χ0v) is 11.7. The van der Waals surface area contributed by atoms with E-state index in [9.17, 15) is 4.79 Å². The van der Waals surface area contributed by atoms with E-state index in [1.807, 2.05) is 18.2 Å². The molecule has 0 bridgehead atoms. The van der Waals surface area contributed by atoms with Gasteiger partial charge in [-0.15, -0.1) is 0 Å². The summed E-state index contributed by atoms with van der Waals surface area (Å²) in [7, 11) is 0. The highest BCUT2D eigenvalue weighted by atomic mass is 79.9. The average molecular weight is 313 g/mol. The third-order valence-electron chi connectivity index (χ3n) is 2.77. The quantitative estimate of drug-likeness (QED) is 0.809. The highest BCUT2D eigenvalue weighted by Crippen LogP contribution is 2.27. The maximum absolute atomic E-state index is 10.6. The molecule has 0 unspecified atom stereocenters. The number of nitrogens with two attached hydrogens (primary N) is 1. The van der Waals surface area contributed by atoms with Crippen LogP contribution in [0.25, 0.3) is 0 Å². The summed E-state index contributed by atoms with van der Waals surface area (Å²) in [6.07, 6.45) is 2.81. The number of primary amides is 1. The third kappa shape index (κ3) is 4.31. The smallest absolute Gasteiger partial charge is 0.220 e. The van der Waals surface area contributed by atoms with Crippen LogP contribution in [0.2, 0.25) is 0 Å². The van der Waals surface area contributed by atoms with Crippen LogP contribution in [-0.4, -0.2) is 18.6 Å². The lowest BCUT2D eigenvalue weighted by molar-refractivity contribution is -0.118. The van der Waals surface area contributed by atoms with Gasteiger partial charge in [-0.25, -0.2) is 0 Å². The number of hydrogen-bond donors (Lipinski definition) is 2. The van der Waals surface area contributed by atoms with Gasteiger partial charge in [-0.1, -0.05) is 6.07 Å². The molecule has 98 valence electrons. The highest BCUT2D eigenvalue weighted by Gasteiger charge is 2.19. The number of hydrogen-bond acceptors (Lipinski definition) is 3. The minimum Gasteiger partial charge on any atom is -0.492 e. The lowest BCUT2D eigenvalue weighted by Crippen LogP contribution is -2.15. The number of benzene rings is 1. The van der Waals surface area contributed by atoms with Gasteiger partial charge >= 0.3 is 0 Å². The van der Waals surface area contributed by atoms with E-state index in [0.29, 0.717) is 12.6 Å². The lowest BCUT2D eigenvalue weighted by atomic mass is 10.2. The first kappa shape index (κ1) is 13.4. The summed E-state index contributed by atoms with van der Waals surface area (Å²) in [4.78, 5) is 10.6. The van der Waals surface area contributed by atoms with E-state index < -0.39 is 0 Å². The van der Waals surface area contributed by atoms with Crippen molar-refractivity contribution in [1.29, 1.82) is 0 Å². The van der Waals surface area contributed by atoms with Crippen molar-refractivity contribution in [2.75, 3.05) is 6.61 Å². The van der Waals surface area contributed by atoms with Gasteiger partial charge in [-0.2, -0.15) is 0 Å². The van der Waals surface area contributed by atoms with Crippen molar-refractivity contribution in [2.24, 2.45) is 5.73 Å². The zero-order valence-electron chi connectivity index (χ0n) is 10.1. The molecule has 5 heteroatoms. The molecule has 1 fully saturated rings. The van der Waals surface area contributed by atoms with E-state index in [1.54, 1.807) is 0 Å². The molecule has 1 saturated carbocycles. The summed E-state index contributed by atoms with van der Waals surface area (Å²) < 4.78 is 6.38. The topological polar surface area (TPSA) is 64.4 Å². The Kier molecular flexibility index (Phi) is 4.60. The Balaban J connectivity index is 1.85. The van der Waals surface area contributed by atoms with Crippen molar-refractivity contribution < 1.29 is 9.53 Å². The molecule has 0 radical (unpaired) electrons. The van der Waals surface area contributed by atoms with Crippen LogP contribution >= 0.6 is 15.9 Å². The molecule has 0 saturated heterocycles. The van der Waals surface area contributed by atoms with E-state index >= 15 is 0 Å². The molecule has 1 aromatic carbocycles. The Bertz CT molecular complexity index is 433. The molecule has 0 atom stereocenters. The standard InChI is InChI=1S/C13H17BrN2O2/c14-11-7-9(8-16-10-2-3-10)1-4-12(11)18-6-5-13(15)17/h1,4,7,10,16H,2-3,5-6,8H2,(H2,15,17). The summed E-state index contributed by atoms with van der Waals surface area (Å²) in [5, 5.41) is 3.45. The molecule has 1 amide bonds. The minimum atomic E-state index is -0.351. The van der Waals surface area contributed by atoms with Gasteiger partial charge in [0.25, 0.3) is 0 Å². The second kappa shape index (κ2) is 6.20. The largest absolute Gasteiger partial charge is 0.492 e. The Labute approximate surface area is 115 Å². The first-order valence-electron chi connectivity index (χ1n) is 6.08. The maximum Gasteiger partial charge on any atom is 0.220 e. The number of carbonyl (C=O) groups excluding carboxylic acids is 1. The van der Waals surface area contributed by atoms with Gasteiger partial charge in [-0.3, -0.25) is 4.79 Å². The monoisotopic (exact) mass is 312 g/mol. The molecule has 0 spiro atoms. The molecule has 1 aromatic rings. The van der Waals surface area contributed by atoms with Crippen molar-refractivity contribution in [3.63, 3.8) is 0 Å². The van der Waals surface area contributed by atoms with Gasteiger partial charge < -0.3 is 15.8 Å². The Hall–Kier alpha value is -1.07. The Morgan fingerprint density at radius 3 is 2.89 bits per heavy atom. The van der Waals surface area contributed by atoms with Crippen molar-refractivity contribution >= 4 is 21.8 Å². The number of carbonyl (C=O) groups is 1. The summed E-state index contributed by atoms with van der Waals surface area (Å²) >= 11 is 3.47. The predicted molar refractivity (Wildman–Crippen MR) is 73.3 cm³/mol. The van der Waals surface area contributed by atoms with E-state index in [-0.39, 0.29) is 12.3 Å². The van der Waals surface area contributed by atoms with Crippen molar-refractivity contribution in [3.8, 4) is 5.75 Å². The Morgan fingerprint density at radius 1 is 1.50 bits per heavy atom. The first-order chi connectivity index (χ1) is 8.65. The second-order valence-corrected chi connectivity index (χ2v) is 5.34. The van der Waals surface area contributed by atoms with Crippen LogP contribution in [0.4, 0.5) is 0 Å². The number of rotatable bonds is 7. The van der Waals surface area contributed by atoms with Gasteiger partial charge in [0.15, 0.2) is 0 Å². The van der Waals surface area contributed by atoms with Crippen molar-refractivity contribution in [2.45, 2.75) is 31.8 Å². The summed E-state index contributed by atoms with van der Waals surface area (Å²) in [6, 6.07) is 6.68. The molecular weight excluding hydrogens is 296 g/mol. The van der Waals surface area contributed by atoms with Crippen LogP contribution in [0.5, 0.6) is 5.75 Å². The van der Waals surface area contributed by atoms with Crippen molar-refractivity contribution in [1.82, 2.24) is 5.32 Å². The van der Waals surface area contributed by atoms with Gasteiger partial charge in [0.05, 0.1) is 17.5 Å². The van der Waals surface area contributed by atoms with E-state index in [4.69, 9.17) is 10.5 Å². The molecule has 1 aliphatic rings. The average Bonchev–Trinajstić information content (AvgIpc) is 3.12. The maximum atomic E-state index is 10.6. The SMILES string of the molecule is NC(=O)CCOc1ccc(CNC2CC2)cc1Br. The summed E-state index contributed by atoms with van der Waals surface area (Å²) in [6.45, 7) is 1.19. The lowest BCUT2D eigenvalue weighted by Gasteiger charge is -2.09. The fourth-order valence-corrected chi connectivity index (χ4v) is 2.12. The molecule has 3 N–H and O–H groups in total. The number of nitrogens with one attached hydrogen (secondary N) is 1. The van der Waals surface area contributed by atoms with Gasteiger partial charge in [0.1, 0.15) is 5.75 Å². The summed E-state index contributed by atoms with van der Waals surface area (Å²) in [5.74, 6) is 0.391. The van der Waals surface area contributed by atoms with Crippen LogP contribution in [0.3, 0.4) is 0 Å². The second-order valence-electron chi connectivity index (χ2n) is 4.48. The van der Waals surface area contributed by atoms with Crippen LogP contribution in [0.15, 0.2) is 22.7 Å². The van der Waals surface area contributed by atoms with Crippen LogP contribution < -0.4 is 15.8 Å². The van der Waals surface area contributed by atoms with E-state index in [1.165, 1.54) is 18.4 Å².